The van der Waals surface area contributed by atoms with Crippen LogP contribution in [0.3, 0.4) is 0 Å². The predicted molar refractivity (Wildman–Crippen MR) is 101 cm³/mol. The van der Waals surface area contributed by atoms with Crippen LogP contribution in [0.4, 0.5) is 0 Å². The normalized spacial score (nSPS) is 21.8. The van der Waals surface area contributed by atoms with Crippen LogP contribution in [0.5, 0.6) is 5.75 Å². The van der Waals surface area contributed by atoms with Gasteiger partial charge >= 0.3 is 0 Å². The zero-order chi connectivity index (χ0) is 17.4. The number of benzene rings is 1. The number of aryl methyl sites for hydroxylation is 1. The lowest BCUT2D eigenvalue weighted by molar-refractivity contribution is -0.0180. The van der Waals surface area contributed by atoms with E-state index in [9.17, 15) is 0 Å². The minimum atomic E-state index is 0.350. The smallest absolute Gasteiger partial charge is 0.122 e. The van der Waals surface area contributed by atoms with E-state index in [-0.39, 0.29) is 0 Å². The van der Waals surface area contributed by atoms with Gasteiger partial charge in [0.1, 0.15) is 5.75 Å². The van der Waals surface area contributed by atoms with Crippen molar-refractivity contribution in [2.75, 3.05) is 33.4 Å². The van der Waals surface area contributed by atoms with Crippen LogP contribution in [0.25, 0.3) is 0 Å². The lowest BCUT2D eigenvalue weighted by Gasteiger charge is -2.37. The first kappa shape index (κ1) is 19.3. The van der Waals surface area contributed by atoms with Crippen LogP contribution in [0.1, 0.15) is 50.2 Å². The van der Waals surface area contributed by atoms with Gasteiger partial charge in [0.05, 0.1) is 12.7 Å². The first-order valence-electron chi connectivity index (χ1n) is 9.59. The summed E-state index contributed by atoms with van der Waals surface area (Å²) in [5.41, 5.74) is 2.55. The van der Waals surface area contributed by atoms with Crippen molar-refractivity contribution in [2.24, 2.45) is 5.92 Å². The second-order valence-electron chi connectivity index (χ2n) is 7.17. The highest BCUT2D eigenvalue weighted by Gasteiger charge is 2.28. The van der Waals surface area contributed by atoms with E-state index < -0.39 is 0 Å². The highest BCUT2D eigenvalue weighted by molar-refractivity contribution is 5.38. The molecule has 24 heavy (non-hydrogen) atoms. The average molecular weight is 334 g/mol. The number of hydrogen-bond donors (Lipinski definition) is 0. The molecule has 0 aromatic heterocycles. The highest BCUT2D eigenvalue weighted by Crippen LogP contribution is 2.25. The molecule has 1 aliphatic rings. The van der Waals surface area contributed by atoms with Crippen molar-refractivity contribution in [3.63, 3.8) is 0 Å². The Morgan fingerprint density at radius 3 is 2.79 bits per heavy atom. The molecule has 0 aliphatic carbocycles. The van der Waals surface area contributed by atoms with E-state index in [1.165, 1.54) is 49.9 Å². The maximum atomic E-state index is 6.05. The van der Waals surface area contributed by atoms with E-state index in [0.29, 0.717) is 12.0 Å². The maximum Gasteiger partial charge on any atom is 0.122 e. The van der Waals surface area contributed by atoms with Crippen molar-refractivity contribution in [3.05, 3.63) is 29.3 Å². The SMILES string of the molecule is CCCCCN1CC[C@@H](CCOc2cccc(C)c2C)[C@H](OC)C1. The Morgan fingerprint density at radius 1 is 1.21 bits per heavy atom. The van der Waals surface area contributed by atoms with Gasteiger partial charge in [-0.3, -0.25) is 0 Å². The number of rotatable bonds is 9. The molecule has 0 N–H and O–H groups in total. The third-order valence-electron chi connectivity index (χ3n) is 5.46. The molecule has 1 aliphatic heterocycles. The molecule has 0 saturated carbocycles. The molecule has 1 saturated heterocycles. The van der Waals surface area contributed by atoms with Gasteiger partial charge < -0.3 is 14.4 Å². The van der Waals surface area contributed by atoms with Crippen LogP contribution in [0.2, 0.25) is 0 Å². The highest BCUT2D eigenvalue weighted by atomic mass is 16.5. The summed E-state index contributed by atoms with van der Waals surface area (Å²) in [5, 5.41) is 0. The van der Waals surface area contributed by atoms with Crippen LogP contribution < -0.4 is 4.74 Å². The van der Waals surface area contributed by atoms with Crippen LogP contribution in [0, 0.1) is 19.8 Å². The molecule has 1 fully saturated rings. The van der Waals surface area contributed by atoms with Gasteiger partial charge in [0.2, 0.25) is 0 Å². The quantitative estimate of drug-likeness (QED) is 0.617. The third-order valence-corrected chi connectivity index (χ3v) is 5.46. The zero-order valence-corrected chi connectivity index (χ0v) is 16.0. The molecule has 0 radical (unpaired) electrons. The number of hydrogen-bond acceptors (Lipinski definition) is 3. The number of unbranched alkanes of at least 4 members (excludes halogenated alkanes) is 2. The van der Waals surface area contributed by atoms with Crippen LogP contribution in [-0.2, 0) is 4.74 Å². The van der Waals surface area contributed by atoms with Crippen molar-refractivity contribution < 1.29 is 9.47 Å². The Labute approximate surface area is 148 Å². The molecule has 2 atom stereocenters. The van der Waals surface area contributed by atoms with Crippen LogP contribution in [0.15, 0.2) is 18.2 Å². The largest absolute Gasteiger partial charge is 0.493 e. The van der Waals surface area contributed by atoms with Crippen molar-refractivity contribution in [1.82, 2.24) is 4.90 Å². The minimum absolute atomic E-state index is 0.350. The van der Waals surface area contributed by atoms with Gasteiger partial charge in [-0.25, -0.2) is 0 Å². The zero-order valence-electron chi connectivity index (χ0n) is 16.0. The Balaban J connectivity index is 1.77. The summed E-state index contributed by atoms with van der Waals surface area (Å²) < 4.78 is 11.8. The molecule has 1 heterocycles. The molecule has 0 bridgehead atoms. The number of ether oxygens (including phenoxy) is 2. The van der Waals surface area contributed by atoms with E-state index in [1.807, 2.05) is 7.11 Å². The molecule has 0 unspecified atom stereocenters. The number of nitrogens with zero attached hydrogens (tertiary/aromatic N) is 1. The fourth-order valence-electron chi connectivity index (χ4n) is 3.62. The molecular weight excluding hydrogens is 298 g/mol. The summed E-state index contributed by atoms with van der Waals surface area (Å²) in [7, 11) is 1.86. The standard InChI is InChI=1S/C21H35NO2/c1-5-6-7-13-22-14-11-19(21(16-22)23-4)12-15-24-20-10-8-9-17(2)18(20)3/h8-10,19,21H,5-7,11-16H2,1-4H3/t19-,21+/m0/s1. The number of likely N-dealkylation sites (tertiary alicyclic amines) is 1. The van der Waals surface area contributed by atoms with Crippen LogP contribution in [-0.4, -0.2) is 44.4 Å². The van der Waals surface area contributed by atoms with Crippen molar-refractivity contribution in [1.29, 1.82) is 0 Å². The third kappa shape index (κ3) is 5.49. The van der Waals surface area contributed by atoms with Gasteiger partial charge in [-0.15, -0.1) is 0 Å². The molecule has 136 valence electrons. The first-order valence-corrected chi connectivity index (χ1v) is 9.59. The predicted octanol–water partition coefficient (Wildman–Crippen LogP) is 4.60. The molecule has 0 spiro atoms. The van der Waals surface area contributed by atoms with Gasteiger partial charge in [-0.05, 0) is 69.3 Å². The second-order valence-corrected chi connectivity index (χ2v) is 7.17. The summed E-state index contributed by atoms with van der Waals surface area (Å²) in [6.45, 7) is 10.8. The summed E-state index contributed by atoms with van der Waals surface area (Å²) >= 11 is 0. The van der Waals surface area contributed by atoms with Crippen molar-refractivity contribution in [2.45, 2.75) is 59.0 Å². The second kappa shape index (κ2) is 10.0. The molecule has 1 aromatic rings. The van der Waals surface area contributed by atoms with Crippen molar-refractivity contribution in [3.8, 4) is 5.75 Å². The summed E-state index contributed by atoms with van der Waals surface area (Å²) in [5.74, 6) is 1.64. The van der Waals surface area contributed by atoms with Gasteiger partial charge in [-0.1, -0.05) is 31.9 Å². The molecule has 0 amide bonds. The minimum Gasteiger partial charge on any atom is -0.493 e. The molecule has 3 nitrogen and oxygen atoms in total. The van der Waals surface area contributed by atoms with Gasteiger partial charge in [0, 0.05) is 13.7 Å². The molecular formula is C21H35NO2. The average Bonchev–Trinajstić information content (AvgIpc) is 2.59. The number of methoxy groups -OCH3 is 1. The monoisotopic (exact) mass is 333 g/mol. The topological polar surface area (TPSA) is 21.7 Å². The maximum absolute atomic E-state index is 6.05. The van der Waals surface area contributed by atoms with Gasteiger partial charge in [0.15, 0.2) is 0 Å². The van der Waals surface area contributed by atoms with Crippen LogP contribution >= 0.6 is 0 Å². The molecule has 3 heteroatoms. The van der Waals surface area contributed by atoms with E-state index in [0.717, 1.165) is 25.3 Å². The Kier molecular flexibility index (Phi) is 8.07. The Bertz CT molecular complexity index is 489. The lowest BCUT2D eigenvalue weighted by atomic mass is 9.90. The summed E-state index contributed by atoms with van der Waals surface area (Å²) in [6, 6.07) is 6.29. The summed E-state index contributed by atoms with van der Waals surface area (Å²) in [6.07, 6.45) is 6.59. The first-order chi connectivity index (χ1) is 11.7. The lowest BCUT2D eigenvalue weighted by Crippen LogP contribution is -2.45. The molecule has 1 aromatic carbocycles. The summed E-state index contributed by atoms with van der Waals surface area (Å²) in [4.78, 5) is 2.58. The fourth-order valence-corrected chi connectivity index (χ4v) is 3.62. The fraction of sp³-hybridized carbons (Fsp3) is 0.714. The Hall–Kier alpha value is -1.06. The van der Waals surface area contributed by atoms with E-state index in [1.54, 1.807) is 0 Å². The number of piperidine rings is 1. The Morgan fingerprint density at radius 2 is 2.04 bits per heavy atom. The van der Waals surface area contributed by atoms with E-state index in [2.05, 4.69) is 43.9 Å². The van der Waals surface area contributed by atoms with Crippen molar-refractivity contribution >= 4 is 0 Å². The van der Waals surface area contributed by atoms with E-state index >= 15 is 0 Å². The van der Waals surface area contributed by atoms with Gasteiger partial charge in [-0.2, -0.15) is 0 Å². The van der Waals surface area contributed by atoms with E-state index in [4.69, 9.17) is 9.47 Å². The van der Waals surface area contributed by atoms with Gasteiger partial charge in [0.25, 0.3) is 0 Å². The molecule has 2 rings (SSSR count).